The zero-order valence-electron chi connectivity index (χ0n) is 14.0. The van der Waals surface area contributed by atoms with E-state index < -0.39 is 27.8 Å². The minimum Gasteiger partial charge on any atom is -0.481 e. The highest BCUT2D eigenvalue weighted by Crippen LogP contribution is 2.48. The lowest BCUT2D eigenvalue weighted by molar-refractivity contribution is -0.146. The van der Waals surface area contributed by atoms with Crippen LogP contribution >= 0.6 is 0 Å². The van der Waals surface area contributed by atoms with Gasteiger partial charge in [0.05, 0.1) is 23.3 Å². The van der Waals surface area contributed by atoms with Crippen molar-refractivity contribution in [3.05, 3.63) is 36.4 Å². The van der Waals surface area contributed by atoms with Gasteiger partial charge in [-0.25, -0.2) is 8.42 Å². The fraction of sp³-hybridized carbons (Fsp3) is 0.444. The topological polar surface area (TPSA) is 104 Å². The molecule has 1 amide bonds. The summed E-state index contributed by atoms with van der Waals surface area (Å²) in [6, 6.07) is 6.63. The summed E-state index contributed by atoms with van der Waals surface area (Å²) in [4.78, 5) is 24.2. The summed E-state index contributed by atoms with van der Waals surface area (Å²) >= 11 is 0. The van der Waals surface area contributed by atoms with E-state index in [9.17, 15) is 23.1 Å². The van der Waals surface area contributed by atoms with Crippen LogP contribution in [-0.4, -0.2) is 37.7 Å². The number of rotatable bonds is 4. The van der Waals surface area contributed by atoms with Gasteiger partial charge in [-0.1, -0.05) is 12.2 Å². The second-order valence-corrected chi connectivity index (χ2v) is 9.13. The smallest absolute Gasteiger partial charge is 0.307 e. The molecule has 26 heavy (non-hydrogen) atoms. The number of benzene rings is 1. The van der Waals surface area contributed by atoms with Crippen molar-refractivity contribution in [1.82, 2.24) is 0 Å². The Labute approximate surface area is 151 Å². The molecule has 1 aromatic rings. The van der Waals surface area contributed by atoms with E-state index in [4.69, 9.17) is 0 Å². The first-order valence-electron chi connectivity index (χ1n) is 8.69. The van der Waals surface area contributed by atoms with Crippen LogP contribution in [0.25, 0.3) is 0 Å². The van der Waals surface area contributed by atoms with Crippen LogP contribution in [0.3, 0.4) is 0 Å². The summed E-state index contributed by atoms with van der Waals surface area (Å²) in [5.41, 5.74) is 1.11. The van der Waals surface area contributed by atoms with Gasteiger partial charge in [0.25, 0.3) is 0 Å². The number of nitrogens with one attached hydrogen (secondary N) is 1. The number of amides is 1. The van der Waals surface area contributed by atoms with Crippen LogP contribution in [0.15, 0.2) is 36.4 Å². The van der Waals surface area contributed by atoms with E-state index in [-0.39, 0.29) is 23.5 Å². The normalized spacial score (nSPS) is 31.3. The first-order chi connectivity index (χ1) is 12.4. The van der Waals surface area contributed by atoms with Gasteiger partial charge in [-0.3, -0.25) is 13.9 Å². The van der Waals surface area contributed by atoms with Gasteiger partial charge < -0.3 is 10.4 Å². The predicted molar refractivity (Wildman–Crippen MR) is 96.2 cm³/mol. The lowest BCUT2D eigenvalue weighted by Gasteiger charge is -2.24. The van der Waals surface area contributed by atoms with Gasteiger partial charge in [-0.15, -0.1) is 0 Å². The van der Waals surface area contributed by atoms with Gasteiger partial charge in [0, 0.05) is 12.2 Å². The fourth-order valence-electron chi connectivity index (χ4n) is 4.38. The maximum Gasteiger partial charge on any atom is 0.307 e. The zero-order chi connectivity index (χ0) is 18.5. The number of carbonyl (C=O) groups is 2. The van der Waals surface area contributed by atoms with Crippen molar-refractivity contribution in [2.24, 2.45) is 23.7 Å². The quantitative estimate of drug-likeness (QED) is 0.778. The molecule has 0 aromatic heterocycles. The zero-order valence-corrected chi connectivity index (χ0v) is 14.9. The Morgan fingerprint density at radius 2 is 1.73 bits per heavy atom. The molecular weight excluding hydrogens is 356 g/mol. The lowest BCUT2D eigenvalue weighted by Crippen LogP contribution is -2.36. The Hall–Kier alpha value is -2.35. The van der Waals surface area contributed by atoms with Gasteiger partial charge in [0.2, 0.25) is 15.9 Å². The average Bonchev–Trinajstić information content (AvgIpc) is 3.29. The maximum atomic E-state index is 12.6. The van der Waals surface area contributed by atoms with E-state index in [1.165, 1.54) is 4.31 Å². The summed E-state index contributed by atoms with van der Waals surface area (Å²) in [5.74, 6) is -2.43. The lowest BCUT2D eigenvalue weighted by atomic mass is 9.82. The number of anilines is 2. The third-order valence-corrected chi connectivity index (χ3v) is 7.44. The minimum atomic E-state index is -3.24. The number of hydrogen-bond donors (Lipinski definition) is 2. The van der Waals surface area contributed by atoms with E-state index in [1.807, 2.05) is 12.2 Å². The molecule has 3 aliphatic rings. The van der Waals surface area contributed by atoms with Gasteiger partial charge in [0.15, 0.2) is 0 Å². The number of carboxylic acids is 1. The number of sulfonamides is 1. The van der Waals surface area contributed by atoms with Crippen molar-refractivity contribution < 1.29 is 23.1 Å². The van der Waals surface area contributed by atoms with Crippen LogP contribution in [0.1, 0.15) is 12.8 Å². The van der Waals surface area contributed by atoms with Gasteiger partial charge in [-0.2, -0.15) is 0 Å². The monoisotopic (exact) mass is 376 g/mol. The Morgan fingerprint density at radius 3 is 2.31 bits per heavy atom. The molecule has 1 heterocycles. The summed E-state index contributed by atoms with van der Waals surface area (Å²) in [6.07, 6.45) is 5.16. The SMILES string of the molecule is O=C(O)C1C2C=CC(C2)C1C(=O)Nc1ccc(N2CCCS2(=O)=O)cc1. The van der Waals surface area contributed by atoms with E-state index in [0.717, 1.165) is 0 Å². The maximum absolute atomic E-state index is 12.6. The third-order valence-electron chi connectivity index (χ3n) is 5.57. The first-order valence-corrected chi connectivity index (χ1v) is 10.3. The summed E-state index contributed by atoms with van der Waals surface area (Å²) in [5, 5.41) is 12.2. The fourth-order valence-corrected chi connectivity index (χ4v) is 5.95. The molecule has 4 unspecified atom stereocenters. The molecule has 2 aliphatic carbocycles. The van der Waals surface area contributed by atoms with Gasteiger partial charge in [-0.05, 0) is 48.9 Å². The van der Waals surface area contributed by atoms with E-state index in [2.05, 4.69) is 5.32 Å². The van der Waals surface area contributed by atoms with Crippen LogP contribution in [0.2, 0.25) is 0 Å². The molecule has 4 atom stereocenters. The summed E-state index contributed by atoms with van der Waals surface area (Å²) < 4.78 is 25.3. The number of fused-ring (bicyclic) bond motifs is 2. The second kappa shape index (κ2) is 6.12. The molecule has 0 radical (unpaired) electrons. The number of allylic oxidation sites excluding steroid dienone is 2. The molecule has 1 aliphatic heterocycles. The van der Waals surface area contributed by atoms with Crippen molar-refractivity contribution in [3.63, 3.8) is 0 Å². The van der Waals surface area contributed by atoms with Crippen molar-refractivity contribution in [2.45, 2.75) is 12.8 Å². The molecule has 7 nitrogen and oxygen atoms in total. The van der Waals surface area contributed by atoms with E-state index in [1.54, 1.807) is 24.3 Å². The van der Waals surface area contributed by atoms with Crippen molar-refractivity contribution in [2.75, 3.05) is 21.9 Å². The predicted octanol–water partition coefficient (Wildman–Crippen LogP) is 1.69. The van der Waals surface area contributed by atoms with Crippen LogP contribution in [0.5, 0.6) is 0 Å². The molecule has 2 bridgehead atoms. The van der Waals surface area contributed by atoms with E-state index >= 15 is 0 Å². The minimum absolute atomic E-state index is 0.0323. The molecule has 138 valence electrons. The Morgan fingerprint density at radius 1 is 1.08 bits per heavy atom. The van der Waals surface area contributed by atoms with Crippen LogP contribution in [0.4, 0.5) is 11.4 Å². The second-order valence-electron chi connectivity index (χ2n) is 7.12. The van der Waals surface area contributed by atoms with Crippen molar-refractivity contribution >= 4 is 33.3 Å². The molecule has 8 heteroatoms. The standard InChI is InChI=1S/C18H20N2O5S/c21-17(15-11-2-3-12(10-11)16(15)18(22)23)19-13-4-6-14(7-5-13)20-8-1-9-26(20,24)25/h2-7,11-12,15-16H,1,8-10H2,(H,19,21)(H,22,23). The number of carboxylic acid groups (broad SMARTS) is 1. The molecule has 4 rings (SSSR count). The number of aliphatic carboxylic acids is 1. The molecule has 1 saturated carbocycles. The van der Waals surface area contributed by atoms with Gasteiger partial charge in [0.1, 0.15) is 0 Å². The highest BCUT2D eigenvalue weighted by molar-refractivity contribution is 7.93. The first kappa shape index (κ1) is 17.1. The molecule has 2 fully saturated rings. The number of hydrogen-bond acceptors (Lipinski definition) is 4. The highest BCUT2D eigenvalue weighted by Gasteiger charge is 2.51. The molecule has 1 aromatic carbocycles. The molecular formula is C18H20N2O5S. The van der Waals surface area contributed by atoms with Crippen LogP contribution in [-0.2, 0) is 19.6 Å². The summed E-state index contributed by atoms with van der Waals surface area (Å²) in [6.45, 7) is 0.464. The largest absolute Gasteiger partial charge is 0.481 e. The highest BCUT2D eigenvalue weighted by atomic mass is 32.2. The summed E-state index contributed by atoms with van der Waals surface area (Å²) in [7, 11) is -3.24. The van der Waals surface area contributed by atoms with Crippen LogP contribution in [0, 0.1) is 23.7 Å². The van der Waals surface area contributed by atoms with Crippen molar-refractivity contribution in [1.29, 1.82) is 0 Å². The Bertz CT molecular complexity index is 877. The molecule has 1 saturated heterocycles. The van der Waals surface area contributed by atoms with E-state index in [0.29, 0.717) is 30.8 Å². The Kier molecular flexibility index (Phi) is 4.02. The number of carbonyl (C=O) groups excluding carboxylic acids is 1. The Balaban J connectivity index is 1.48. The third kappa shape index (κ3) is 2.78. The van der Waals surface area contributed by atoms with Gasteiger partial charge >= 0.3 is 5.97 Å². The average molecular weight is 376 g/mol. The molecule has 2 N–H and O–H groups in total. The van der Waals surface area contributed by atoms with Crippen molar-refractivity contribution in [3.8, 4) is 0 Å². The molecule has 0 spiro atoms. The number of nitrogens with zero attached hydrogens (tertiary/aromatic N) is 1. The van der Waals surface area contributed by atoms with Crippen LogP contribution < -0.4 is 9.62 Å².